The molecular weight excluding hydrogens is 585 g/mol. The van der Waals surface area contributed by atoms with Crippen molar-refractivity contribution in [2.24, 2.45) is 0 Å². The molecule has 0 saturated carbocycles. The van der Waals surface area contributed by atoms with Crippen molar-refractivity contribution >= 4 is 62.1 Å². The van der Waals surface area contributed by atoms with E-state index in [9.17, 15) is 0 Å². The zero-order chi connectivity index (χ0) is 31.5. The summed E-state index contributed by atoms with van der Waals surface area (Å²) < 4.78 is 4.89. The van der Waals surface area contributed by atoms with E-state index in [-0.39, 0.29) is 0 Å². The van der Waals surface area contributed by atoms with Crippen molar-refractivity contribution in [3.63, 3.8) is 0 Å². The molecule has 0 aliphatic heterocycles. The van der Waals surface area contributed by atoms with Gasteiger partial charge in [0.05, 0.1) is 27.8 Å². The van der Waals surface area contributed by atoms with E-state index < -0.39 is 8.07 Å². The van der Waals surface area contributed by atoms with Crippen LogP contribution in [0.4, 0.5) is 0 Å². The number of nitrogens with zero attached hydrogens (tertiary/aromatic N) is 2. The van der Waals surface area contributed by atoms with Crippen molar-refractivity contribution in [1.29, 1.82) is 0 Å². The van der Waals surface area contributed by atoms with Crippen molar-refractivity contribution in [3.05, 3.63) is 170 Å². The smallest absolute Gasteiger partial charge is 0.113 e. The molecule has 0 amide bonds. The highest BCUT2D eigenvalue weighted by atomic mass is 28.3. The Labute approximate surface area is 275 Å². The molecule has 0 spiro atoms. The molecule has 0 atom stereocenters. The number of hydrogen-bond acceptors (Lipinski definition) is 0. The van der Waals surface area contributed by atoms with E-state index >= 15 is 0 Å². The average Bonchev–Trinajstić information content (AvgIpc) is 3.64. The lowest BCUT2D eigenvalue weighted by molar-refractivity contribution is 1.17. The van der Waals surface area contributed by atoms with Gasteiger partial charge in [-0.15, -0.1) is 0 Å². The maximum Gasteiger partial charge on any atom is 0.113 e. The van der Waals surface area contributed by atoms with Gasteiger partial charge in [0.1, 0.15) is 8.07 Å². The number of hydrogen-bond donors (Lipinski definition) is 0. The molecule has 0 saturated heterocycles. The quantitative estimate of drug-likeness (QED) is 0.170. The molecule has 0 N–H and O–H groups in total. The Kier molecular flexibility index (Phi) is 6.31. The van der Waals surface area contributed by atoms with Gasteiger partial charge in [-0.25, -0.2) is 0 Å². The molecule has 7 aromatic carbocycles. The fraction of sp³-hybridized carbons (Fsp3) is 0.0455. The fourth-order valence-corrected chi connectivity index (χ4v) is 10.5. The Hall–Kier alpha value is -5.64. The maximum absolute atomic E-state index is 2.48. The van der Waals surface area contributed by atoms with Gasteiger partial charge in [0.2, 0.25) is 0 Å². The first kappa shape index (κ1) is 27.6. The van der Waals surface area contributed by atoms with Crippen LogP contribution in [0.15, 0.2) is 170 Å². The van der Waals surface area contributed by atoms with Crippen LogP contribution in [0.5, 0.6) is 0 Å². The fourth-order valence-electron chi connectivity index (χ4n) is 7.73. The minimum absolute atomic E-state index is 1.17. The summed E-state index contributed by atoms with van der Waals surface area (Å²) in [6, 6.07) is 62.4. The Bertz CT molecular complexity index is 2550. The number of para-hydroxylation sites is 4. The number of aromatic nitrogens is 2. The minimum atomic E-state index is -1.99. The van der Waals surface area contributed by atoms with E-state index in [1.807, 2.05) is 0 Å². The highest BCUT2D eigenvalue weighted by Gasteiger charge is 2.29. The number of benzene rings is 7. The molecule has 2 aromatic heterocycles. The van der Waals surface area contributed by atoms with Crippen molar-refractivity contribution in [1.82, 2.24) is 9.13 Å². The van der Waals surface area contributed by atoms with E-state index in [0.29, 0.717) is 0 Å². The van der Waals surface area contributed by atoms with Gasteiger partial charge in [-0.3, -0.25) is 0 Å². The molecule has 0 bridgehead atoms. The van der Waals surface area contributed by atoms with Crippen LogP contribution in [0.25, 0.3) is 66.1 Å². The summed E-state index contributed by atoms with van der Waals surface area (Å²) in [6.45, 7) is 4.95. The SMILES string of the molecule is C[Si](C)(c1ccccc1)c1ccccc1-c1ccccc1-n1c2ccccc2c2cc(-n3c4ccccc4c4ccccc43)ccc21. The Morgan fingerprint density at radius 2 is 0.872 bits per heavy atom. The normalized spacial score (nSPS) is 12.0. The topological polar surface area (TPSA) is 9.86 Å². The molecule has 3 heteroatoms. The molecule has 9 aromatic rings. The van der Waals surface area contributed by atoms with Crippen LogP contribution < -0.4 is 10.4 Å². The average molecular weight is 619 g/mol. The highest BCUT2D eigenvalue weighted by Crippen LogP contribution is 2.39. The molecule has 2 nitrogen and oxygen atoms in total. The minimum Gasteiger partial charge on any atom is -0.309 e. The second-order valence-corrected chi connectivity index (χ2v) is 17.3. The van der Waals surface area contributed by atoms with E-state index in [0.717, 1.165) is 0 Å². The molecule has 9 rings (SSSR count). The predicted molar refractivity (Wildman–Crippen MR) is 204 cm³/mol. The first-order valence-corrected chi connectivity index (χ1v) is 19.4. The van der Waals surface area contributed by atoms with Crippen LogP contribution in [0, 0.1) is 0 Å². The van der Waals surface area contributed by atoms with E-state index in [2.05, 4.69) is 192 Å². The summed E-state index contributed by atoms with van der Waals surface area (Å²) in [6.07, 6.45) is 0. The lowest BCUT2D eigenvalue weighted by Gasteiger charge is -2.27. The Balaban J connectivity index is 1.29. The monoisotopic (exact) mass is 618 g/mol. The first-order valence-electron chi connectivity index (χ1n) is 16.4. The lowest BCUT2D eigenvalue weighted by atomic mass is 10.0. The second kappa shape index (κ2) is 10.7. The van der Waals surface area contributed by atoms with E-state index in [4.69, 9.17) is 0 Å². The van der Waals surface area contributed by atoms with Gasteiger partial charge < -0.3 is 9.13 Å². The predicted octanol–water partition coefficient (Wildman–Crippen LogP) is 10.4. The van der Waals surface area contributed by atoms with Crippen LogP contribution in [0.2, 0.25) is 13.1 Å². The van der Waals surface area contributed by atoms with Crippen LogP contribution in [-0.2, 0) is 0 Å². The zero-order valence-corrected chi connectivity index (χ0v) is 27.6. The van der Waals surface area contributed by atoms with Crippen molar-refractivity contribution in [2.75, 3.05) is 0 Å². The third-order valence-corrected chi connectivity index (χ3v) is 13.6. The molecule has 0 fully saturated rings. The Morgan fingerprint density at radius 3 is 1.55 bits per heavy atom. The molecule has 47 heavy (non-hydrogen) atoms. The van der Waals surface area contributed by atoms with Gasteiger partial charge in [-0.05, 0) is 53.2 Å². The van der Waals surface area contributed by atoms with Gasteiger partial charge in [-0.1, -0.05) is 146 Å². The molecule has 0 aliphatic carbocycles. The molecule has 224 valence electrons. The summed E-state index contributed by atoms with van der Waals surface area (Å²) in [5.41, 5.74) is 9.82. The van der Waals surface area contributed by atoms with Gasteiger partial charge in [0.15, 0.2) is 0 Å². The van der Waals surface area contributed by atoms with Crippen LogP contribution in [0.1, 0.15) is 0 Å². The molecular formula is C44H34N2Si. The maximum atomic E-state index is 2.48. The van der Waals surface area contributed by atoms with Crippen LogP contribution in [0.3, 0.4) is 0 Å². The zero-order valence-electron chi connectivity index (χ0n) is 26.6. The van der Waals surface area contributed by atoms with Crippen molar-refractivity contribution < 1.29 is 0 Å². The summed E-state index contributed by atoms with van der Waals surface area (Å²) in [7, 11) is -1.99. The van der Waals surface area contributed by atoms with Gasteiger partial charge >= 0.3 is 0 Å². The van der Waals surface area contributed by atoms with Crippen molar-refractivity contribution in [2.45, 2.75) is 13.1 Å². The van der Waals surface area contributed by atoms with Crippen LogP contribution in [-0.4, -0.2) is 17.2 Å². The number of rotatable bonds is 5. The summed E-state index contributed by atoms with van der Waals surface area (Å²) in [5, 5.41) is 7.96. The number of fused-ring (bicyclic) bond motifs is 6. The van der Waals surface area contributed by atoms with Gasteiger partial charge in [-0.2, -0.15) is 0 Å². The third kappa shape index (κ3) is 4.24. The molecule has 2 heterocycles. The standard InChI is InChI=1S/C44H34N2Si/c1-47(2,32-16-4-3-5-17-32)44-27-15-10-22-37(44)35-20-8-13-25-41(35)46-42-26-14-9-21-36(42)38-30-31(28-29-43(38)46)45-39-23-11-6-18-33(39)34-19-7-12-24-40(34)45/h3-30H,1-2H3. The second-order valence-electron chi connectivity index (χ2n) is 13.0. The summed E-state index contributed by atoms with van der Waals surface area (Å²) >= 11 is 0. The van der Waals surface area contributed by atoms with Gasteiger partial charge in [0.25, 0.3) is 0 Å². The summed E-state index contributed by atoms with van der Waals surface area (Å²) in [4.78, 5) is 0. The highest BCUT2D eigenvalue weighted by molar-refractivity contribution is 7.01. The Morgan fingerprint density at radius 1 is 0.383 bits per heavy atom. The molecule has 0 aliphatic rings. The van der Waals surface area contributed by atoms with Gasteiger partial charge in [0, 0.05) is 32.8 Å². The van der Waals surface area contributed by atoms with E-state index in [1.165, 1.54) is 76.5 Å². The first-order chi connectivity index (χ1) is 23.1. The lowest BCUT2D eigenvalue weighted by Crippen LogP contribution is -2.53. The summed E-state index contributed by atoms with van der Waals surface area (Å²) in [5.74, 6) is 0. The van der Waals surface area contributed by atoms with Crippen molar-refractivity contribution in [3.8, 4) is 22.5 Å². The van der Waals surface area contributed by atoms with Crippen LogP contribution >= 0.6 is 0 Å². The molecule has 0 unspecified atom stereocenters. The third-order valence-electron chi connectivity index (χ3n) is 10.0. The van der Waals surface area contributed by atoms with E-state index in [1.54, 1.807) is 0 Å². The molecule has 0 radical (unpaired) electrons. The largest absolute Gasteiger partial charge is 0.309 e.